The molecule has 2 saturated heterocycles. The quantitative estimate of drug-likeness (QED) is 0.176. The van der Waals surface area contributed by atoms with Crippen LogP contribution in [0.1, 0.15) is 112 Å². The molecule has 0 aromatic heterocycles. The van der Waals surface area contributed by atoms with Crippen molar-refractivity contribution in [1.82, 2.24) is 20.4 Å². The topological polar surface area (TPSA) is 133 Å². The summed E-state index contributed by atoms with van der Waals surface area (Å²) in [4.78, 5) is 83.9. The predicted octanol–water partition coefficient (Wildman–Crippen LogP) is 4.17. The van der Waals surface area contributed by atoms with Gasteiger partial charge in [0, 0.05) is 38.4 Å². The average molecular weight is 641 g/mol. The summed E-state index contributed by atoms with van der Waals surface area (Å²) >= 11 is 0. The van der Waals surface area contributed by atoms with Gasteiger partial charge in [0.15, 0.2) is 0 Å². The first-order valence-electron chi connectivity index (χ1n) is 17.5. The van der Waals surface area contributed by atoms with Crippen LogP contribution in [0.25, 0.3) is 0 Å². The molecule has 2 saturated carbocycles. The Hall–Kier alpha value is -3.04. The number of Topliss-reactive ketones (excluding diaryl/α,β-unsaturated/α-hetero) is 1. The van der Waals surface area contributed by atoms with Crippen molar-refractivity contribution in [2.75, 3.05) is 19.6 Å². The minimum absolute atomic E-state index is 0.0614. The second-order valence-electron chi connectivity index (χ2n) is 15.9. The maximum atomic E-state index is 15.1. The molecule has 4 aliphatic rings. The van der Waals surface area contributed by atoms with Gasteiger partial charge in [0.1, 0.15) is 6.04 Å². The van der Waals surface area contributed by atoms with Crippen LogP contribution in [0, 0.1) is 34.5 Å². The number of nitrogens with one attached hydrogen (secondary N) is 2. The summed E-state index contributed by atoms with van der Waals surface area (Å²) in [6, 6.07) is -1.73. The molecule has 10 nitrogen and oxygen atoms in total. The van der Waals surface area contributed by atoms with Crippen molar-refractivity contribution >= 4 is 35.3 Å². The van der Waals surface area contributed by atoms with Crippen molar-refractivity contribution in [3.63, 3.8) is 0 Å². The molecule has 0 bridgehead atoms. The summed E-state index contributed by atoms with van der Waals surface area (Å²) in [5, 5.41) is 5.42. The SMILES string of the molecule is C=CCNC(=O)C(=O)C(CC1CC1)NC(=O)[C@@H]1C[C@@H](C)CN1C(=O)C([C@H](CN1C(=O)CCCC1=O)C(C)(C)C)C1(C)CCCCC1. The maximum Gasteiger partial charge on any atom is 0.289 e. The summed E-state index contributed by atoms with van der Waals surface area (Å²) in [6.07, 6.45) is 10.3. The zero-order valence-electron chi connectivity index (χ0n) is 28.7. The third kappa shape index (κ3) is 8.45. The fraction of sp³-hybridized carbons (Fsp3) is 0.778. The van der Waals surface area contributed by atoms with E-state index < -0.39 is 41.0 Å². The van der Waals surface area contributed by atoms with Gasteiger partial charge in [-0.1, -0.05) is 72.8 Å². The van der Waals surface area contributed by atoms with E-state index in [0.29, 0.717) is 38.6 Å². The summed E-state index contributed by atoms with van der Waals surface area (Å²) < 4.78 is 0. The van der Waals surface area contributed by atoms with Gasteiger partial charge in [-0.2, -0.15) is 0 Å². The first kappa shape index (κ1) is 35.8. The van der Waals surface area contributed by atoms with Crippen LogP contribution in [0.5, 0.6) is 0 Å². The molecule has 2 heterocycles. The number of piperidine rings is 1. The van der Waals surface area contributed by atoms with Gasteiger partial charge in [0.05, 0.1) is 6.04 Å². The number of ketones is 1. The highest BCUT2D eigenvalue weighted by atomic mass is 16.2. The summed E-state index contributed by atoms with van der Waals surface area (Å²) in [5.41, 5.74) is -0.780. The van der Waals surface area contributed by atoms with Crippen molar-refractivity contribution in [3.8, 4) is 0 Å². The monoisotopic (exact) mass is 640 g/mol. The molecule has 0 aromatic rings. The number of likely N-dealkylation sites (tertiary alicyclic amines) is 2. The van der Waals surface area contributed by atoms with Crippen LogP contribution >= 0.6 is 0 Å². The number of hydrogen-bond acceptors (Lipinski definition) is 6. The minimum Gasteiger partial charge on any atom is -0.346 e. The Morgan fingerprint density at radius 2 is 1.65 bits per heavy atom. The van der Waals surface area contributed by atoms with Crippen LogP contribution in [0.2, 0.25) is 0 Å². The lowest BCUT2D eigenvalue weighted by Gasteiger charge is -2.50. The number of carbonyl (C=O) groups excluding carboxylic acids is 6. The molecule has 5 amide bonds. The van der Waals surface area contributed by atoms with E-state index in [4.69, 9.17) is 0 Å². The second-order valence-corrected chi connectivity index (χ2v) is 15.9. The lowest BCUT2D eigenvalue weighted by molar-refractivity contribution is -0.157. The van der Waals surface area contributed by atoms with Gasteiger partial charge in [-0.05, 0) is 60.7 Å². The zero-order valence-corrected chi connectivity index (χ0v) is 28.7. The maximum absolute atomic E-state index is 15.1. The second kappa shape index (κ2) is 14.8. The molecule has 256 valence electrons. The lowest BCUT2D eigenvalue weighted by atomic mass is 9.57. The van der Waals surface area contributed by atoms with Crippen molar-refractivity contribution < 1.29 is 28.8 Å². The van der Waals surface area contributed by atoms with Crippen LogP contribution in [0.15, 0.2) is 12.7 Å². The van der Waals surface area contributed by atoms with Gasteiger partial charge in [0.2, 0.25) is 29.4 Å². The Kier molecular flexibility index (Phi) is 11.5. The molecule has 10 heteroatoms. The van der Waals surface area contributed by atoms with Gasteiger partial charge >= 0.3 is 0 Å². The predicted molar refractivity (Wildman–Crippen MR) is 175 cm³/mol. The molecule has 0 radical (unpaired) electrons. The number of amides is 5. The Morgan fingerprint density at radius 1 is 1.02 bits per heavy atom. The molecule has 5 atom stereocenters. The van der Waals surface area contributed by atoms with Gasteiger partial charge in [0.25, 0.3) is 5.91 Å². The normalized spacial score (nSPS) is 25.4. The molecule has 4 rings (SSSR count). The number of nitrogens with zero attached hydrogens (tertiary/aromatic N) is 2. The standard InChI is InChI=1S/C36H56N4O6/c1-7-18-37-33(45)31(43)26(20-24-14-15-24)38-32(44)27-19-23(2)21-39(27)34(46)30(36(6)16-9-8-10-17-36)25(35(3,4)5)22-40-28(41)12-11-13-29(40)42/h7,23-27,30H,1,8-22H2,2-6H3,(H,37,45)(H,38,44)/t23-,25+,26?,27+,30?/m1/s1. The molecular formula is C36H56N4O6. The van der Waals surface area contributed by atoms with Gasteiger partial charge in [-0.3, -0.25) is 33.7 Å². The first-order valence-corrected chi connectivity index (χ1v) is 17.5. The van der Waals surface area contributed by atoms with Crippen molar-refractivity contribution in [2.45, 2.75) is 124 Å². The van der Waals surface area contributed by atoms with Crippen LogP contribution in [0.3, 0.4) is 0 Å². The smallest absolute Gasteiger partial charge is 0.289 e. The third-order valence-electron chi connectivity index (χ3n) is 10.9. The molecule has 0 aromatic carbocycles. The van der Waals surface area contributed by atoms with Gasteiger partial charge < -0.3 is 15.5 Å². The van der Waals surface area contributed by atoms with Crippen molar-refractivity contribution in [3.05, 3.63) is 12.7 Å². The van der Waals surface area contributed by atoms with E-state index in [1.165, 1.54) is 11.0 Å². The average Bonchev–Trinajstić information content (AvgIpc) is 3.73. The first-order chi connectivity index (χ1) is 21.7. The van der Waals surface area contributed by atoms with E-state index >= 15 is 4.79 Å². The number of carbonyl (C=O) groups is 6. The largest absolute Gasteiger partial charge is 0.346 e. The molecular weight excluding hydrogens is 584 g/mol. The summed E-state index contributed by atoms with van der Waals surface area (Å²) in [6.45, 7) is 14.7. The molecule has 2 N–H and O–H groups in total. The van der Waals surface area contributed by atoms with Crippen molar-refractivity contribution in [2.24, 2.45) is 34.5 Å². The summed E-state index contributed by atoms with van der Waals surface area (Å²) in [5.74, 6) is -2.79. The molecule has 2 aliphatic heterocycles. The molecule has 46 heavy (non-hydrogen) atoms. The number of hydrogen-bond donors (Lipinski definition) is 2. The fourth-order valence-corrected chi connectivity index (χ4v) is 8.02. The van der Waals surface area contributed by atoms with E-state index in [-0.39, 0.29) is 54.0 Å². The Bertz CT molecular complexity index is 1180. The zero-order chi connectivity index (χ0) is 33.8. The van der Waals surface area contributed by atoms with E-state index in [2.05, 4.69) is 44.9 Å². The molecule has 2 unspecified atom stereocenters. The highest BCUT2D eigenvalue weighted by Gasteiger charge is 2.53. The van der Waals surface area contributed by atoms with Crippen LogP contribution in [-0.4, -0.2) is 76.8 Å². The third-order valence-corrected chi connectivity index (χ3v) is 10.9. The number of imide groups is 1. The molecule has 0 spiro atoms. The van der Waals surface area contributed by atoms with E-state index in [1.807, 2.05) is 6.92 Å². The van der Waals surface area contributed by atoms with Crippen molar-refractivity contribution in [1.29, 1.82) is 0 Å². The number of rotatable bonds is 13. The highest BCUT2D eigenvalue weighted by molar-refractivity contribution is 6.38. The van der Waals surface area contributed by atoms with Crippen LogP contribution in [0.4, 0.5) is 0 Å². The fourth-order valence-electron chi connectivity index (χ4n) is 8.02. The van der Waals surface area contributed by atoms with E-state index in [1.54, 1.807) is 4.90 Å². The van der Waals surface area contributed by atoms with Crippen LogP contribution < -0.4 is 10.6 Å². The highest BCUT2D eigenvalue weighted by Crippen LogP contribution is 2.51. The minimum atomic E-state index is -0.956. The van der Waals surface area contributed by atoms with Gasteiger partial charge in [-0.25, -0.2) is 0 Å². The summed E-state index contributed by atoms with van der Waals surface area (Å²) in [7, 11) is 0. The van der Waals surface area contributed by atoms with E-state index in [0.717, 1.165) is 44.9 Å². The van der Waals surface area contributed by atoms with Crippen LogP contribution in [-0.2, 0) is 28.8 Å². The van der Waals surface area contributed by atoms with Gasteiger partial charge in [-0.15, -0.1) is 6.58 Å². The van der Waals surface area contributed by atoms with E-state index in [9.17, 15) is 24.0 Å². The lowest BCUT2D eigenvalue weighted by Crippen LogP contribution is -2.58. The molecule has 2 aliphatic carbocycles. The Labute approximate surface area is 274 Å². The Morgan fingerprint density at radius 3 is 2.22 bits per heavy atom. The molecule has 4 fully saturated rings. The Balaban J connectivity index is 1.64.